The van der Waals surface area contributed by atoms with Gasteiger partial charge in [0.2, 0.25) is 21.8 Å². The van der Waals surface area contributed by atoms with E-state index in [4.69, 9.17) is 23.2 Å². The van der Waals surface area contributed by atoms with Crippen LogP contribution in [0.5, 0.6) is 0 Å². The Bertz CT molecular complexity index is 1430. The van der Waals surface area contributed by atoms with Gasteiger partial charge in [-0.2, -0.15) is 0 Å². The highest BCUT2D eigenvalue weighted by Gasteiger charge is 2.31. The van der Waals surface area contributed by atoms with E-state index < -0.39 is 16.1 Å². The Balaban J connectivity index is 1.90. The first-order chi connectivity index (χ1) is 19.3. The number of carbonyl (C=O) groups is 2. The van der Waals surface area contributed by atoms with Gasteiger partial charge in [0.15, 0.2) is 0 Å². The number of benzene rings is 3. The second-order valence-electron chi connectivity index (χ2n) is 10.4. The second-order valence-corrected chi connectivity index (χ2v) is 13.2. The maximum atomic E-state index is 13.9. The molecule has 220 valence electrons. The van der Waals surface area contributed by atoms with E-state index in [-0.39, 0.29) is 43.8 Å². The summed E-state index contributed by atoms with van der Waals surface area (Å²) in [5, 5.41) is 3.81. The first kappa shape index (κ1) is 32.4. The predicted molar refractivity (Wildman–Crippen MR) is 167 cm³/mol. The highest BCUT2D eigenvalue weighted by Crippen LogP contribution is 2.25. The molecule has 0 saturated heterocycles. The fourth-order valence-corrected chi connectivity index (χ4v) is 5.92. The Labute approximate surface area is 253 Å². The number of halogens is 2. The molecule has 0 aliphatic heterocycles. The molecule has 0 spiro atoms. The zero-order valence-electron chi connectivity index (χ0n) is 23.8. The third kappa shape index (κ3) is 9.76. The lowest BCUT2D eigenvalue weighted by Crippen LogP contribution is -2.51. The lowest BCUT2D eigenvalue weighted by Gasteiger charge is -2.32. The molecule has 3 aromatic carbocycles. The van der Waals surface area contributed by atoms with Gasteiger partial charge in [-0.05, 0) is 62.6 Å². The number of nitrogens with one attached hydrogen (secondary N) is 1. The summed E-state index contributed by atoms with van der Waals surface area (Å²) < 4.78 is 26.5. The molecule has 0 unspecified atom stereocenters. The van der Waals surface area contributed by atoms with Crippen LogP contribution in [-0.4, -0.2) is 50.0 Å². The number of anilines is 1. The lowest BCUT2D eigenvalue weighted by molar-refractivity contribution is -0.141. The number of amides is 2. The summed E-state index contributed by atoms with van der Waals surface area (Å²) in [4.78, 5) is 28.9. The van der Waals surface area contributed by atoms with Gasteiger partial charge in [0.1, 0.15) is 6.04 Å². The highest BCUT2D eigenvalue weighted by atomic mass is 35.5. The van der Waals surface area contributed by atoms with Crippen molar-refractivity contribution in [1.29, 1.82) is 0 Å². The zero-order chi connectivity index (χ0) is 30.2. The van der Waals surface area contributed by atoms with E-state index in [1.165, 1.54) is 9.21 Å². The molecule has 1 atom stereocenters. The molecule has 0 fully saturated rings. The van der Waals surface area contributed by atoms with E-state index in [2.05, 4.69) is 5.32 Å². The molecule has 0 aromatic heterocycles. The first-order valence-corrected chi connectivity index (χ1v) is 16.1. The van der Waals surface area contributed by atoms with Crippen molar-refractivity contribution in [2.45, 2.75) is 58.7 Å². The smallest absolute Gasteiger partial charge is 0.243 e. The van der Waals surface area contributed by atoms with Gasteiger partial charge in [-0.15, -0.1) is 0 Å². The third-order valence-corrected chi connectivity index (χ3v) is 8.31. The monoisotopic (exact) mass is 617 g/mol. The van der Waals surface area contributed by atoms with Crippen LogP contribution in [-0.2, 0) is 32.6 Å². The number of aryl methyl sites for hydroxylation is 1. The SMILES string of the molecule is Cc1ccc(N(CCCC(=O)N(Cc2ccc(Cl)cc2Cl)[C@@H](Cc2ccccc2)C(=O)NC(C)C)S(C)(=O)=O)cc1. The number of rotatable bonds is 13. The van der Waals surface area contributed by atoms with E-state index in [1.807, 2.05) is 63.2 Å². The minimum Gasteiger partial charge on any atom is -0.352 e. The van der Waals surface area contributed by atoms with Crippen LogP contribution in [0, 0.1) is 6.92 Å². The summed E-state index contributed by atoms with van der Waals surface area (Å²) in [5.41, 5.74) is 3.10. The van der Waals surface area contributed by atoms with Gasteiger partial charge < -0.3 is 10.2 Å². The fraction of sp³-hybridized carbons (Fsp3) is 0.355. The van der Waals surface area contributed by atoms with E-state index in [0.29, 0.717) is 27.7 Å². The molecule has 2 amide bonds. The largest absolute Gasteiger partial charge is 0.352 e. The van der Waals surface area contributed by atoms with Crippen molar-refractivity contribution >= 4 is 50.7 Å². The summed E-state index contributed by atoms with van der Waals surface area (Å²) in [6.07, 6.45) is 1.74. The van der Waals surface area contributed by atoms with Gasteiger partial charge in [-0.3, -0.25) is 13.9 Å². The number of carbonyl (C=O) groups excluding carboxylic acids is 2. The van der Waals surface area contributed by atoms with Crippen molar-refractivity contribution < 1.29 is 18.0 Å². The average molecular weight is 619 g/mol. The molecular weight excluding hydrogens is 581 g/mol. The Morgan fingerprint density at radius 2 is 1.61 bits per heavy atom. The van der Waals surface area contributed by atoms with Crippen LogP contribution in [0.15, 0.2) is 72.8 Å². The molecule has 0 aliphatic rings. The molecule has 7 nitrogen and oxygen atoms in total. The molecule has 0 aliphatic carbocycles. The number of hydrogen-bond donors (Lipinski definition) is 1. The van der Waals surface area contributed by atoms with Gasteiger partial charge in [-0.25, -0.2) is 8.42 Å². The lowest BCUT2D eigenvalue weighted by atomic mass is 10.0. The molecule has 0 saturated carbocycles. The summed E-state index contributed by atoms with van der Waals surface area (Å²) >= 11 is 12.6. The van der Waals surface area contributed by atoms with Crippen LogP contribution in [0.3, 0.4) is 0 Å². The summed E-state index contributed by atoms with van der Waals surface area (Å²) in [5.74, 6) is -0.562. The quantitative estimate of drug-likeness (QED) is 0.254. The molecule has 10 heteroatoms. The van der Waals surface area contributed by atoms with Crippen molar-refractivity contribution in [2.24, 2.45) is 0 Å². The van der Waals surface area contributed by atoms with Gasteiger partial charge >= 0.3 is 0 Å². The summed E-state index contributed by atoms with van der Waals surface area (Å²) in [6.45, 7) is 5.86. The molecule has 41 heavy (non-hydrogen) atoms. The minimum atomic E-state index is -3.58. The van der Waals surface area contributed by atoms with Crippen molar-refractivity contribution in [3.05, 3.63) is 99.5 Å². The van der Waals surface area contributed by atoms with Crippen molar-refractivity contribution in [2.75, 3.05) is 17.1 Å². The van der Waals surface area contributed by atoms with Crippen molar-refractivity contribution in [3.63, 3.8) is 0 Å². The number of sulfonamides is 1. The Hall–Kier alpha value is -3.07. The molecule has 0 heterocycles. The topological polar surface area (TPSA) is 86.8 Å². The van der Waals surface area contributed by atoms with Crippen LogP contribution < -0.4 is 9.62 Å². The number of nitrogens with zero attached hydrogens (tertiary/aromatic N) is 2. The van der Waals surface area contributed by atoms with Crippen LogP contribution in [0.1, 0.15) is 43.4 Å². The van der Waals surface area contributed by atoms with Crippen LogP contribution in [0.2, 0.25) is 10.0 Å². The summed E-state index contributed by atoms with van der Waals surface area (Å²) in [6, 6.07) is 20.8. The zero-order valence-corrected chi connectivity index (χ0v) is 26.1. The molecule has 3 rings (SSSR count). The van der Waals surface area contributed by atoms with E-state index in [9.17, 15) is 18.0 Å². The number of hydrogen-bond acceptors (Lipinski definition) is 4. The molecular formula is C31H37Cl2N3O4S. The molecule has 1 N–H and O–H groups in total. The molecule has 3 aromatic rings. The second kappa shape index (κ2) is 14.7. The minimum absolute atomic E-state index is 0.0311. The van der Waals surface area contributed by atoms with Gasteiger partial charge in [0.05, 0.1) is 11.9 Å². The van der Waals surface area contributed by atoms with E-state index >= 15 is 0 Å². The van der Waals surface area contributed by atoms with Gasteiger partial charge in [0, 0.05) is 42.0 Å². The normalized spacial score (nSPS) is 12.2. The average Bonchev–Trinajstić information content (AvgIpc) is 2.90. The summed E-state index contributed by atoms with van der Waals surface area (Å²) in [7, 11) is -3.58. The highest BCUT2D eigenvalue weighted by molar-refractivity contribution is 7.92. The van der Waals surface area contributed by atoms with E-state index in [0.717, 1.165) is 17.4 Å². The van der Waals surface area contributed by atoms with E-state index in [1.54, 1.807) is 30.3 Å². The first-order valence-electron chi connectivity index (χ1n) is 13.5. The van der Waals surface area contributed by atoms with Crippen LogP contribution in [0.4, 0.5) is 5.69 Å². The Kier molecular flexibility index (Phi) is 11.6. The standard InChI is InChI=1S/C31H37Cl2N3O4S/c1-22(2)34-31(38)29(19-24-9-6-5-7-10-24)35(21-25-14-15-26(32)20-28(25)33)30(37)11-8-18-36(41(4,39)40)27-16-12-23(3)13-17-27/h5-7,9-10,12-17,20,22,29H,8,11,18-19,21H2,1-4H3,(H,34,38)/t29-/m0/s1. The maximum absolute atomic E-state index is 13.9. The van der Waals surface area contributed by atoms with Crippen LogP contribution in [0.25, 0.3) is 0 Å². The van der Waals surface area contributed by atoms with Gasteiger partial charge in [0.25, 0.3) is 0 Å². The fourth-order valence-electron chi connectivity index (χ4n) is 4.48. The third-order valence-electron chi connectivity index (χ3n) is 6.53. The Morgan fingerprint density at radius 1 is 0.951 bits per heavy atom. The van der Waals surface area contributed by atoms with Gasteiger partial charge in [-0.1, -0.05) is 77.3 Å². The van der Waals surface area contributed by atoms with Crippen LogP contribution >= 0.6 is 23.2 Å². The molecule has 0 radical (unpaired) electrons. The van der Waals surface area contributed by atoms with Crippen molar-refractivity contribution in [3.8, 4) is 0 Å². The van der Waals surface area contributed by atoms with Crippen molar-refractivity contribution in [1.82, 2.24) is 10.2 Å². The maximum Gasteiger partial charge on any atom is 0.243 e. The predicted octanol–water partition coefficient (Wildman–Crippen LogP) is 6.01. The Morgan fingerprint density at radius 3 is 2.20 bits per heavy atom. The molecule has 0 bridgehead atoms.